The number of aromatic nitrogens is 3. The molecule has 0 spiro atoms. The number of hydrogen-bond acceptors (Lipinski definition) is 5. The first-order valence-corrected chi connectivity index (χ1v) is 8.61. The van der Waals surface area contributed by atoms with Crippen LogP contribution >= 0.6 is 0 Å². The molecule has 1 aliphatic rings. The molecule has 3 heterocycles. The van der Waals surface area contributed by atoms with Gasteiger partial charge in [-0.05, 0) is 32.4 Å². The van der Waals surface area contributed by atoms with Gasteiger partial charge in [-0.15, -0.1) is 0 Å². The van der Waals surface area contributed by atoms with Gasteiger partial charge in [0.25, 0.3) is 5.91 Å². The maximum Gasteiger partial charge on any atom is 0.255 e. The lowest BCUT2D eigenvalue weighted by molar-refractivity contribution is -0.0743. The first-order chi connectivity index (χ1) is 12.2. The number of rotatable bonds is 6. The van der Waals surface area contributed by atoms with Gasteiger partial charge in [-0.2, -0.15) is 5.10 Å². The minimum absolute atomic E-state index is 0.0886. The van der Waals surface area contributed by atoms with E-state index in [0.717, 1.165) is 24.4 Å². The van der Waals surface area contributed by atoms with E-state index in [2.05, 4.69) is 15.4 Å². The normalized spacial score (nSPS) is 20.4. The highest BCUT2D eigenvalue weighted by Crippen LogP contribution is 2.15. The predicted octanol–water partition coefficient (Wildman–Crippen LogP) is 1.71. The number of nitrogens with one attached hydrogen (secondary N) is 1. The molecule has 1 fully saturated rings. The van der Waals surface area contributed by atoms with Gasteiger partial charge in [0.15, 0.2) is 0 Å². The molecule has 1 aliphatic heterocycles. The third-order valence-corrected chi connectivity index (χ3v) is 4.44. The predicted molar refractivity (Wildman–Crippen MR) is 92.1 cm³/mol. The van der Waals surface area contributed by atoms with Gasteiger partial charge in [0, 0.05) is 25.0 Å². The van der Waals surface area contributed by atoms with Crippen molar-refractivity contribution >= 4 is 5.91 Å². The molecular formula is C18H24N4O3. The Balaban J connectivity index is 1.62. The van der Waals surface area contributed by atoms with Gasteiger partial charge in [0.1, 0.15) is 6.10 Å². The van der Waals surface area contributed by atoms with Gasteiger partial charge in [-0.25, -0.2) is 0 Å². The van der Waals surface area contributed by atoms with Crippen molar-refractivity contribution in [2.75, 3.05) is 13.2 Å². The van der Waals surface area contributed by atoms with Crippen molar-refractivity contribution in [1.82, 2.24) is 20.1 Å². The third kappa shape index (κ3) is 4.24. The number of carbonyl (C=O) groups is 1. The Hall–Kier alpha value is -2.25. The topological polar surface area (TPSA) is 78.3 Å². The van der Waals surface area contributed by atoms with Crippen molar-refractivity contribution in [2.45, 2.75) is 45.6 Å². The summed E-state index contributed by atoms with van der Waals surface area (Å²) in [7, 11) is 0. The van der Waals surface area contributed by atoms with Gasteiger partial charge in [0.2, 0.25) is 0 Å². The van der Waals surface area contributed by atoms with E-state index in [9.17, 15) is 4.79 Å². The van der Waals surface area contributed by atoms with Gasteiger partial charge in [-0.3, -0.25) is 14.5 Å². The van der Waals surface area contributed by atoms with Crippen LogP contribution in [0.1, 0.15) is 35.1 Å². The third-order valence-electron chi connectivity index (χ3n) is 4.44. The van der Waals surface area contributed by atoms with Crippen LogP contribution in [0.2, 0.25) is 0 Å². The van der Waals surface area contributed by atoms with Gasteiger partial charge < -0.3 is 14.8 Å². The Morgan fingerprint density at radius 3 is 3.08 bits per heavy atom. The van der Waals surface area contributed by atoms with E-state index in [1.807, 2.05) is 36.7 Å². The minimum atomic E-state index is -0.193. The van der Waals surface area contributed by atoms with E-state index in [1.54, 1.807) is 12.4 Å². The zero-order chi connectivity index (χ0) is 17.6. The molecule has 2 unspecified atom stereocenters. The second kappa shape index (κ2) is 8.22. The van der Waals surface area contributed by atoms with Crippen molar-refractivity contribution in [3.63, 3.8) is 0 Å². The second-order valence-electron chi connectivity index (χ2n) is 6.07. The molecule has 134 valence electrons. The molecule has 1 amide bonds. The minimum Gasteiger partial charge on any atom is -0.379 e. The lowest BCUT2D eigenvalue weighted by Gasteiger charge is -2.32. The summed E-state index contributed by atoms with van der Waals surface area (Å²) in [6, 6.07) is 5.63. The number of amides is 1. The van der Waals surface area contributed by atoms with E-state index in [1.165, 1.54) is 0 Å². The fraction of sp³-hybridized carbons (Fsp3) is 0.500. The molecule has 0 bridgehead atoms. The summed E-state index contributed by atoms with van der Waals surface area (Å²) in [5.41, 5.74) is 2.34. The van der Waals surface area contributed by atoms with Crippen LogP contribution in [0.3, 0.4) is 0 Å². The second-order valence-corrected chi connectivity index (χ2v) is 6.07. The van der Waals surface area contributed by atoms with E-state index in [0.29, 0.717) is 25.4 Å². The van der Waals surface area contributed by atoms with Crippen LogP contribution in [0.15, 0.2) is 30.6 Å². The first-order valence-electron chi connectivity index (χ1n) is 8.61. The molecule has 7 nitrogen and oxygen atoms in total. The molecule has 1 saturated heterocycles. The monoisotopic (exact) mass is 344 g/mol. The molecule has 0 radical (unpaired) electrons. The summed E-state index contributed by atoms with van der Waals surface area (Å²) in [6.07, 6.45) is 3.89. The van der Waals surface area contributed by atoms with Crippen molar-refractivity contribution in [3.05, 3.63) is 47.5 Å². The van der Waals surface area contributed by atoms with Crippen molar-refractivity contribution in [3.8, 4) is 0 Å². The molecule has 2 aromatic rings. The van der Waals surface area contributed by atoms with Gasteiger partial charge in [0.05, 0.1) is 36.7 Å². The number of nitrogens with zero attached hydrogens (tertiary/aromatic N) is 3. The van der Waals surface area contributed by atoms with E-state index < -0.39 is 0 Å². The fourth-order valence-electron chi connectivity index (χ4n) is 2.95. The summed E-state index contributed by atoms with van der Waals surface area (Å²) in [5.74, 6) is -0.115. The standard InChI is InChI=1S/C18H24N4O3/c1-3-22-13(2)15(10-20-22)18(23)21-16-7-9-24-12-17(16)25-11-14-6-4-5-8-19-14/h4-6,8,10,16-17H,3,7,9,11-12H2,1-2H3,(H,21,23). The molecule has 3 rings (SSSR count). The van der Waals surface area contributed by atoms with E-state index >= 15 is 0 Å². The largest absolute Gasteiger partial charge is 0.379 e. The highest BCUT2D eigenvalue weighted by Gasteiger charge is 2.29. The molecule has 0 aromatic carbocycles. The van der Waals surface area contributed by atoms with Crippen molar-refractivity contribution in [1.29, 1.82) is 0 Å². The van der Waals surface area contributed by atoms with Gasteiger partial charge in [-0.1, -0.05) is 6.07 Å². The van der Waals surface area contributed by atoms with Crippen LogP contribution in [-0.4, -0.2) is 46.0 Å². The van der Waals surface area contributed by atoms with Gasteiger partial charge >= 0.3 is 0 Å². The zero-order valence-electron chi connectivity index (χ0n) is 14.6. The summed E-state index contributed by atoms with van der Waals surface area (Å²) in [5, 5.41) is 7.32. The van der Waals surface area contributed by atoms with Crippen LogP contribution in [0.5, 0.6) is 0 Å². The summed E-state index contributed by atoms with van der Waals surface area (Å²) in [4.78, 5) is 16.9. The smallest absolute Gasteiger partial charge is 0.255 e. The highest BCUT2D eigenvalue weighted by atomic mass is 16.5. The van der Waals surface area contributed by atoms with Crippen LogP contribution in [0.25, 0.3) is 0 Å². The van der Waals surface area contributed by atoms with Crippen LogP contribution < -0.4 is 5.32 Å². The number of hydrogen-bond donors (Lipinski definition) is 1. The molecule has 25 heavy (non-hydrogen) atoms. The van der Waals surface area contributed by atoms with E-state index in [4.69, 9.17) is 9.47 Å². The highest BCUT2D eigenvalue weighted by molar-refractivity contribution is 5.95. The SMILES string of the molecule is CCn1ncc(C(=O)NC2CCOCC2OCc2ccccn2)c1C. The average Bonchev–Trinajstić information content (AvgIpc) is 3.02. The summed E-state index contributed by atoms with van der Waals surface area (Å²) >= 11 is 0. The number of ether oxygens (including phenoxy) is 2. The maximum absolute atomic E-state index is 12.6. The Labute approximate surface area is 147 Å². The Morgan fingerprint density at radius 2 is 2.36 bits per heavy atom. The lowest BCUT2D eigenvalue weighted by atomic mass is 10.1. The van der Waals surface area contributed by atoms with Crippen molar-refractivity contribution in [2.24, 2.45) is 0 Å². The van der Waals surface area contributed by atoms with Crippen LogP contribution in [0.4, 0.5) is 0 Å². The molecule has 2 atom stereocenters. The quantitative estimate of drug-likeness (QED) is 0.863. The van der Waals surface area contributed by atoms with Crippen LogP contribution in [-0.2, 0) is 22.6 Å². The maximum atomic E-state index is 12.6. The number of aryl methyl sites for hydroxylation is 1. The molecule has 7 heteroatoms. The van der Waals surface area contributed by atoms with Crippen LogP contribution in [0, 0.1) is 6.92 Å². The average molecular weight is 344 g/mol. The summed E-state index contributed by atoms with van der Waals surface area (Å²) < 4.78 is 13.3. The Kier molecular flexibility index (Phi) is 5.78. The molecule has 1 N–H and O–H groups in total. The molecule has 2 aromatic heterocycles. The lowest BCUT2D eigenvalue weighted by Crippen LogP contribution is -2.50. The number of carbonyl (C=O) groups excluding carboxylic acids is 1. The zero-order valence-corrected chi connectivity index (χ0v) is 14.6. The van der Waals surface area contributed by atoms with Crippen molar-refractivity contribution < 1.29 is 14.3 Å². The number of pyridine rings is 1. The first kappa shape index (κ1) is 17.6. The fourth-order valence-corrected chi connectivity index (χ4v) is 2.95. The summed E-state index contributed by atoms with van der Waals surface area (Å²) in [6.45, 7) is 6.12. The molecular weight excluding hydrogens is 320 g/mol. The molecule has 0 aliphatic carbocycles. The molecule has 0 saturated carbocycles. The van der Waals surface area contributed by atoms with E-state index in [-0.39, 0.29) is 18.1 Å². The Bertz CT molecular complexity index is 702. The Morgan fingerprint density at radius 1 is 1.48 bits per heavy atom.